The molecule has 0 aliphatic heterocycles. The maximum atomic E-state index is 5.80. The van der Waals surface area contributed by atoms with Crippen molar-refractivity contribution >= 4 is 0 Å². The van der Waals surface area contributed by atoms with Gasteiger partial charge in [0.1, 0.15) is 0 Å². The van der Waals surface area contributed by atoms with Crippen LogP contribution in [0.4, 0.5) is 0 Å². The molecule has 0 atom stereocenters. The lowest BCUT2D eigenvalue weighted by Crippen LogP contribution is -2.51. The summed E-state index contributed by atoms with van der Waals surface area (Å²) in [6.07, 6.45) is 6.66. The van der Waals surface area contributed by atoms with E-state index < -0.39 is 0 Å². The Kier molecular flexibility index (Phi) is 2.37. The fraction of sp³-hybridized carbons (Fsp3) is 1.00. The van der Waals surface area contributed by atoms with Crippen LogP contribution >= 0.6 is 0 Å². The predicted molar refractivity (Wildman–Crippen MR) is 51.0 cm³/mol. The van der Waals surface area contributed by atoms with Gasteiger partial charge >= 0.3 is 0 Å². The lowest BCUT2D eigenvalue weighted by atomic mass is 9.86. The molecule has 70 valence electrons. The van der Waals surface area contributed by atoms with Crippen molar-refractivity contribution in [2.24, 2.45) is 5.73 Å². The first kappa shape index (κ1) is 8.52. The first-order valence-electron chi connectivity index (χ1n) is 5.32. The smallest absolute Gasteiger partial charge is 0.0128 e. The quantitative estimate of drug-likeness (QED) is 0.686. The summed E-state index contributed by atoms with van der Waals surface area (Å²) in [5.74, 6) is 0. The molecule has 0 bridgehead atoms. The Balaban J connectivity index is 1.80. The summed E-state index contributed by atoms with van der Waals surface area (Å²) in [4.78, 5) is 2.70. The molecule has 0 radical (unpaired) electrons. The molecule has 12 heavy (non-hydrogen) atoms. The normalized spacial score (nSPS) is 35.2. The van der Waals surface area contributed by atoms with Gasteiger partial charge < -0.3 is 5.73 Å². The number of rotatable bonds is 4. The van der Waals surface area contributed by atoms with Gasteiger partial charge in [-0.25, -0.2) is 0 Å². The van der Waals surface area contributed by atoms with Crippen LogP contribution in [0.5, 0.6) is 0 Å². The molecule has 0 aromatic carbocycles. The molecule has 0 spiro atoms. The molecule has 2 fully saturated rings. The molecule has 2 aliphatic carbocycles. The van der Waals surface area contributed by atoms with Gasteiger partial charge in [0, 0.05) is 18.1 Å². The van der Waals surface area contributed by atoms with Crippen LogP contribution in [-0.2, 0) is 0 Å². The van der Waals surface area contributed by atoms with Gasteiger partial charge in [0.25, 0.3) is 0 Å². The average Bonchev–Trinajstić information content (AvgIpc) is 2.77. The molecular weight excluding hydrogens is 148 g/mol. The van der Waals surface area contributed by atoms with E-state index in [1.165, 1.54) is 38.6 Å². The van der Waals surface area contributed by atoms with Crippen LogP contribution in [0.2, 0.25) is 0 Å². The van der Waals surface area contributed by atoms with Crippen molar-refractivity contribution in [1.82, 2.24) is 4.90 Å². The van der Waals surface area contributed by atoms with E-state index in [1.807, 2.05) is 0 Å². The number of nitrogens with zero attached hydrogens (tertiary/aromatic N) is 1. The minimum absolute atomic E-state index is 0.508. The van der Waals surface area contributed by atoms with E-state index in [0.29, 0.717) is 6.04 Å². The van der Waals surface area contributed by atoms with Crippen molar-refractivity contribution < 1.29 is 0 Å². The molecule has 0 aromatic rings. The summed E-state index contributed by atoms with van der Waals surface area (Å²) < 4.78 is 0. The van der Waals surface area contributed by atoms with Crippen LogP contribution in [0, 0.1) is 0 Å². The summed E-state index contributed by atoms with van der Waals surface area (Å²) in [7, 11) is 0. The summed E-state index contributed by atoms with van der Waals surface area (Å²) in [5.41, 5.74) is 5.80. The monoisotopic (exact) mass is 168 g/mol. The van der Waals surface area contributed by atoms with E-state index in [2.05, 4.69) is 11.8 Å². The lowest BCUT2D eigenvalue weighted by molar-refractivity contribution is 0.102. The molecule has 0 amide bonds. The molecule has 0 heterocycles. The van der Waals surface area contributed by atoms with Gasteiger partial charge in [-0.15, -0.1) is 0 Å². The zero-order chi connectivity index (χ0) is 8.55. The van der Waals surface area contributed by atoms with Gasteiger partial charge in [0.15, 0.2) is 0 Å². The maximum Gasteiger partial charge on any atom is 0.0128 e. The van der Waals surface area contributed by atoms with Crippen LogP contribution in [0.25, 0.3) is 0 Å². The van der Waals surface area contributed by atoms with Gasteiger partial charge in [0.2, 0.25) is 0 Å². The van der Waals surface area contributed by atoms with E-state index in [4.69, 9.17) is 5.73 Å². The fourth-order valence-electron chi connectivity index (χ4n) is 2.23. The molecule has 0 saturated heterocycles. The van der Waals surface area contributed by atoms with E-state index in [9.17, 15) is 0 Å². The first-order chi connectivity index (χ1) is 5.81. The van der Waals surface area contributed by atoms with Crippen LogP contribution in [0.1, 0.15) is 39.0 Å². The third-order valence-corrected chi connectivity index (χ3v) is 3.12. The van der Waals surface area contributed by atoms with Crippen molar-refractivity contribution in [3.8, 4) is 0 Å². The van der Waals surface area contributed by atoms with Crippen molar-refractivity contribution in [3.05, 3.63) is 0 Å². The van der Waals surface area contributed by atoms with Crippen LogP contribution in [0.15, 0.2) is 0 Å². The van der Waals surface area contributed by atoms with Gasteiger partial charge in [0.05, 0.1) is 0 Å². The van der Waals surface area contributed by atoms with Crippen molar-refractivity contribution in [1.29, 1.82) is 0 Å². The second-order valence-electron chi connectivity index (χ2n) is 4.35. The summed E-state index contributed by atoms with van der Waals surface area (Å²) in [6.45, 7) is 3.57. The van der Waals surface area contributed by atoms with Gasteiger partial charge in [-0.3, -0.25) is 4.90 Å². The number of hydrogen-bond acceptors (Lipinski definition) is 2. The van der Waals surface area contributed by atoms with E-state index in [-0.39, 0.29) is 0 Å². The standard InChI is InChI=1S/C10H20N2/c1-2-5-12(9-3-4-9)10-6-8(11)7-10/h8-10H,2-7,11H2,1H3. The van der Waals surface area contributed by atoms with E-state index in [1.54, 1.807) is 0 Å². The Morgan fingerprint density at radius 1 is 1.25 bits per heavy atom. The Morgan fingerprint density at radius 2 is 1.92 bits per heavy atom. The van der Waals surface area contributed by atoms with Crippen LogP contribution < -0.4 is 5.73 Å². The highest BCUT2D eigenvalue weighted by Gasteiger charge is 2.38. The highest BCUT2D eigenvalue weighted by atomic mass is 15.2. The fourth-order valence-corrected chi connectivity index (χ4v) is 2.23. The topological polar surface area (TPSA) is 29.3 Å². The molecular formula is C10H20N2. The largest absolute Gasteiger partial charge is 0.328 e. The zero-order valence-corrected chi connectivity index (χ0v) is 8.00. The van der Waals surface area contributed by atoms with Crippen LogP contribution in [-0.4, -0.2) is 29.6 Å². The van der Waals surface area contributed by atoms with Crippen LogP contribution in [0.3, 0.4) is 0 Å². The van der Waals surface area contributed by atoms with Crippen molar-refractivity contribution in [2.75, 3.05) is 6.54 Å². The number of nitrogens with two attached hydrogens (primary N) is 1. The predicted octanol–water partition coefficient (Wildman–Crippen LogP) is 1.35. The third-order valence-electron chi connectivity index (χ3n) is 3.12. The highest BCUT2D eigenvalue weighted by Crippen LogP contribution is 2.34. The molecule has 2 heteroatoms. The van der Waals surface area contributed by atoms with Crippen molar-refractivity contribution in [3.63, 3.8) is 0 Å². The molecule has 2 rings (SSSR count). The SMILES string of the molecule is CCCN(C1CC1)C1CC(N)C1. The summed E-state index contributed by atoms with van der Waals surface area (Å²) in [5, 5.41) is 0. The molecule has 2 saturated carbocycles. The van der Waals surface area contributed by atoms with E-state index in [0.717, 1.165) is 12.1 Å². The van der Waals surface area contributed by atoms with Gasteiger partial charge in [-0.1, -0.05) is 6.92 Å². The Labute approximate surface area is 75.1 Å². The maximum absolute atomic E-state index is 5.80. The summed E-state index contributed by atoms with van der Waals surface area (Å²) >= 11 is 0. The molecule has 0 aromatic heterocycles. The van der Waals surface area contributed by atoms with E-state index >= 15 is 0 Å². The molecule has 0 unspecified atom stereocenters. The third kappa shape index (κ3) is 1.64. The average molecular weight is 168 g/mol. The molecule has 2 N–H and O–H groups in total. The van der Waals surface area contributed by atoms with Crippen molar-refractivity contribution in [2.45, 2.75) is 57.2 Å². The van der Waals surface area contributed by atoms with Gasteiger partial charge in [-0.2, -0.15) is 0 Å². The minimum Gasteiger partial charge on any atom is -0.328 e. The second kappa shape index (κ2) is 3.35. The molecule has 2 aliphatic rings. The van der Waals surface area contributed by atoms with Gasteiger partial charge in [-0.05, 0) is 38.6 Å². The molecule has 2 nitrogen and oxygen atoms in total. The zero-order valence-electron chi connectivity index (χ0n) is 8.00. The second-order valence-corrected chi connectivity index (χ2v) is 4.35. The minimum atomic E-state index is 0.508. The highest BCUT2D eigenvalue weighted by molar-refractivity contribution is 4.96. The Morgan fingerprint density at radius 3 is 2.33 bits per heavy atom. The first-order valence-corrected chi connectivity index (χ1v) is 5.32. The number of hydrogen-bond donors (Lipinski definition) is 1. The lowest BCUT2D eigenvalue weighted by Gasteiger charge is -2.41. The Bertz CT molecular complexity index is 148. The summed E-state index contributed by atoms with van der Waals surface area (Å²) in [6, 6.07) is 2.28. The Hall–Kier alpha value is -0.0800.